The maximum Gasteiger partial charge on any atom is 0.329 e. The van der Waals surface area contributed by atoms with E-state index in [1.807, 2.05) is 20.8 Å². The molecule has 0 aliphatic carbocycles. The third-order valence-electron chi connectivity index (χ3n) is 9.31. The third-order valence-corrected chi connectivity index (χ3v) is 10.9. The van der Waals surface area contributed by atoms with Gasteiger partial charge in [-0.05, 0) is 136 Å². The molecule has 1 aromatic rings. The Morgan fingerprint density at radius 1 is 1.12 bits per heavy atom. The van der Waals surface area contributed by atoms with E-state index in [4.69, 9.17) is 15.2 Å². The molecule has 0 radical (unpaired) electrons. The molecule has 3 aliphatic rings. The largest absolute Gasteiger partial charge is 0.487 e. The third kappa shape index (κ3) is 8.79. The van der Waals surface area contributed by atoms with Crippen molar-refractivity contribution in [3.63, 3.8) is 0 Å². The lowest BCUT2D eigenvalue weighted by Crippen LogP contribution is -2.54. The summed E-state index contributed by atoms with van der Waals surface area (Å²) in [4.78, 5) is 45.7. The highest BCUT2D eigenvalue weighted by molar-refractivity contribution is 7.90. The molecular weight excluding hydrogens is 636 g/mol. The molecule has 4 rings (SSSR count). The van der Waals surface area contributed by atoms with Crippen LogP contribution in [0.1, 0.15) is 102 Å². The van der Waals surface area contributed by atoms with Crippen LogP contribution in [0, 0.1) is 20.8 Å². The molecule has 3 heterocycles. The minimum Gasteiger partial charge on any atom is -0.487 e. The van der Waals surface area contributed by atoms with Gasteiger partial charge in [-0.25, -0.2) is 17.9 Å². The number of hydrogen-bond donors (Lipinski definition) is 4. The zero-order valence-electron chi connectivity index (χ0n) is 29.7. The summed E-state index contributed by atoms with van der Waals surface area (Å²) in [5, 5.41) is 6.02. The zero-order chi connectivity index (χ0) is 35.6. The summed E-state index contributed by atoms with van der Waals surface area (Å²) in [6.45, 7) is 16.0. The quantitative estimate of drug-likeness (QED) is 0.124. The van der Waals surface area contributed by atoms with Gasteiger partial charge in [0.25, 0.3) is 10.0 Å². The van der Waals surface area contributed by atoms with Crippen LogP contribution >= 0.6 is 0 Å². The molecule has 0 aromatic heterocycles. The molecular formula is C34H54N6O7S. The molecule has 13 nitrogen and oxygen atoms in total. The van der Waals surface area contributed by atoms with Crippen LogP contribution in [0.25, 0.3) is 0 Å². The number of rotatable bonds is 10. The van der Waals surface area contributed by atoms with E-state index in [0.717, 1.165) is 42.7 Å². The maximum absolute atomic E-state index is 13.6. The van der Waals surface area contributed by atoms with Crippen molar-refractivity contribution in [3.05, 3.63) is 22.3 Å². The SMILES string of the molecule is Cc1c(C)c(S(=O)(=O)NC(N)=NCCCC(NC(=O)C2CCCN2C(=O)C2CCCN2)C(=O)OC(C)(C)C)c(C)c2c1OC(C)(C)CC2. The molecule has 5 N–H and O–H groups in total. The Balaban J connectivity index is 1.41. The van der Waals surface area contributed by atoms with Gasteiger partial charge in [-0.2, -0.15) is 0 Å². The van der Waals surface area contributed by atoms with Gasteiger partial charge in [0.15, 0.2) is 0 Å². The van der Waals surface area contributed by atoms with Crippen molar-refractivity contribution in [1.29, 1.82) is 0 Å². The van der Waals surface area contributed by atoms with Crippen LogP contribution in [-0.4, -0.2) is 86.0 Å². The molecule has 2 saturated heterocycles. The van der Waals surface area contributed by atoms with Crippen molar-refractivity contribution in [2.45, 2.75) is 141 Å². The van der Waals surface area contributed by atoms with Gasteiger partial charge >= 0.3 is 5.97 Å². The van der Waals surface area contributed by atoms with Crippen molar-refractivity contribution in [2.24, 2.45) is 10.7 Å². The van der Waals surface area contributed by atoms with E-state index in [9.17, 15) is 22.8 Å². The molecule has 0 spiro atoms. The number of benzene rings is 1. The minimum atomic E-state index is -4.07. The van der Waals surface area contributed by atoms with Crippen LogP contribution in [0.15, 0.2) is 9.89 Å². The first-order valence-corrected chi connectivity index (χ1v) is 18.5. The van der Waals surface area contributed by atoms with Gasteiger partial charge in [-0.1, -0.05) is 0 Å². The number of fused-ring (bicyclic) bond motifs is 1. The number of sulfonamides is 1. The fourth-order valence-electron chi connectivity index (χ4n) is 6.76. The number of aliphatic imine (C=N–C) groups is 1. The molecule has 3 atom stereocenters. The molecule has 0 bridgehead atoms. The van der Waals surface area contributed by atoms with E-state index in [-0.39, 0.29) is 41.4 Å². The first kappa shape index (κ1) is 37.4. The fraction of sp³-hybridized carbons (Fsp3) is 0.706. The standard InChI is InChI=1S/C34H54N6O7S/c1-20-21(2)28(22(3)23-15-16-34(7,8)46-27(20)23)48(44,45)39-32(35)37-18-10-13-25(31(43)47-33(4,5)6)38-29(41)26-14-11-19-40(26)30(42)24-12-9-17-36-24/h24-26,36H,9-19H2,1-8H3,(H,38,41)(H3,35,37,39). The summed E-state index contributed by atoms with van der Waals surface area (Å²) in [6, 6.07) is -1.93. The topological polar surface area (TPSA) is 182 Å². The Kier molecular flexibility index (Phi) is 11.4. The molecule has 2 fully saturated rings. The molecule has 48 heavy (non-hydrogen) atoms. The lowest BCUT2D eigenvalue weighted by atomic mass is 9.88. The fourth-order valence-corrected chi connectivity index (χ4v) is 8.28. The minimum absolute atomic E-state index is 0.0838. The van der Waals surface area contributed by atoms with E-state index in [1.54, 1.807) is 39.5 Å². The first-order valence-electron chi connectivity index (χ1n) is 17.0. The average Bonchev–Trinajstić information content (AvgIpc) is 3.68. The molecule has 268 valence electrons. The number of carbonyl (C=O) groups excluding carboxylic acids is 3. The smallest absolute Gasteiger partial charge is 0.329 e. The highest BCUT2D eigenvalue weighted by Gasteiger charge is 2.39. The average molecular weight is 691 g/mol. The first-order chi connectivity index (χ1) is 22.3. The molecule has 0 saturated carbocycles. The Morgan fingerprint density at radius 3 is 2.48 bits per heavy atom. The van der Waals surface area contributed by atoms with E-state index < -0.39 is 39.6 Å². The summed E-state index contributed by atoms with van der Waals surface area (Å²) in [5.41, 5.74) is 7.81. The summed E-state index contributed by atoms with van der Waals surface area (Å²) < 4.78 is 41.4. The molecule has 14 heteroatoms. The Hall–Kier alpha value is -3.39. The number of amides is 2. The molecule has 3 unspecified atom stereocenters. The van der Waals surface area contributed by atoms with Gasteiger partial charge in [-0.3, -0.25) is 14.6 Å². The van der Waals surface area contributed by atoms with Crippen molar-refractivity contribution in [2.75, 3.05) is 19.6 Å². The van der Waals surface area contributed by atoms with Crippen LogP contribution in [0.3, 0.4) is 0 Å². The van der Waals surface area contributed by atoms with E-state index in [2.05, 4.69) is 20.3 Å². The Morgan fingerprint density at radius 2 is 1.83 bits per heavy atom. The highest BCUT2D eigenvalue weighted by Crippen LogP contribution is 2.42. The van der Waals surface area contributed by atoms with Gasteiger partial charge in [0.05, 0.1) is 10.9 Å². The maximum atomic E-state index is 13.6. The summed E-state index contributed by atoms with van der Waals surface area (Å²) >= 11 is 0. The van der Waals surface area contributed by atoms with Crippen LogP contribution in [0.4, 0.5) is 0 Å². The van der Waals surface area contributed by atoms with E-state index in [1.165, 1.54) is 0 Å². The number of nitrogens with two attached hydrogens (primary N) is 1. The Bertz CT molecular complexity index is 1540. The molecule has 1 aromatic carbocycles. The van der Waals surface area contributed by atoms with Gasteiger partial charge in [-0.15, -0.1) is 0 Å². The predicted molar refractivity (Wildman–Crippen MR) is 183 cm³/mol. The second-order valence-corrected chi connectivity index (χ2v) is 16.4. The predicted octanol–water partition coefficient (Wildman–Crippen LogP) is 2.66. The summed E-state index contributed by atoms with van der Waals surface area (Å²) in [7, 11) is -4.07. The van der Waals surface area contributed by atoms with Crippen LogP contribution in [-0.2, 0) is 35.6 Å². The number of nitrogens with one attached hydrogen (secondary N) is 3. The summed E-state index contributed by atoms with van der Waals surface area (Å²) in [6.07, 6.45) is 4.81. The number of nitrogens with zero attached hydrogens (tertiary/aromatic N) is 2. The number of ether oxygens (including phenoxy) is 2. The van der Waals surface area contributed by atoms with Crippen molar-refractivity contribution >= 4 is 33.8 Å². The van der Waals surface area contributed by atoms with Crippen molar-refractivity contribution in [3.8, 4) is 5.75 Å². The number of hydrogen-bond acceptors (Lipinski definition) is 9. The van der Waals surface area contributed by atoms with Gasteiger partial charge in [0, 0.05) is 13.1 Å². The monoisotopic (exact) mass is 690 g/mol. The van der Waals surface area contributed by atoms with E-state index >= 15 is 0 Å². The van der Waals surface area contributed by atoms with Crippen LogP contribution < -0.4 is 25.8 Å². The van der Waals surface area contributed by atoms with Gasteiger partial charge in [0.2, 0.25) is 17.8 Å². The van der Waals surface area contributed by atoms with E-state index in [0.29, 0.717) is 43.4 Å². The second-order valence-electron chi connectivity index (χ2n) is 14.8. The summed E-state index contributed by atoms with van der Waals surface area (Å²) in [5.74, 6) is -0.612. The normalized spacial score (nSPS) is 21.7. The van der Waals surface area contributed by atoms with Gasteiger partial charge < -0.3 is 30.7 Å². The second kappa shape index (κ2) is 14.6. The van der Waals surface area contributed by atoms with Gasteiger partial charge in [0.1, 0.15) is 29.0 Å². The Labute approximate surface area is 285 Å². The molecule has 2 amide bonds. The number of carbonyl (C=O) groups is 3. The number of likely N-dealkylation sites (tertiary alicyclic amines) is 1. The lowest BCUT2D eigenvalue weighted by molar-refractivity contribution is -0.159. The molecule has 3 aliphatic heterocycles. The van der Waals surface area contributed by atoms with Crippen molar-refractivity contribution in [1.82, 2.24) is 20.3 Å². The highest BCUT2D eigenvalue weighted by atomic mass is 32.2. The van der Waals surface area contributed by atoms with Crippen LogP contribution in [0.2, 0.25) is 0 Å². The number of guanidine groups is 1. The van der Waals surface area contributed by atoms with Crippen LogP contribution in [0.5, 0.6) is 5.75 Å². The lowest BCUT2D eigenvalue weighted by Gasteiger charge is -2.35. The zero-order valence-corrected chi connectivity index (χ0v) is 30.6. The van der Waals surface area contributed by atoms with Crippen molar-refractivity contribution < 1.29 is 32.3 Å². The number of esters is 1.